The Morgan fingerprint density at radius 2 is 2.07 bits per heavy atom. The molecule has 0 spiro atoms. The van der Waals surface area contributed by atoms with Gasteiger partial charge in [0, 0.05) is 39.0 Å². The summed E-state index contributed by atoms with van der Waals surface area (Å²) in [6.45, 7) is 6.26. The van der Waals surface area contributed by atoms with Crippen molar-refractivity contribution in [2.45, 2.75) is 38.5 Å². The van der Waals surface area contributed by atoms with Crippen molar-refractivity contribution in [1.82, 2.24) is 9.88 Å². The number of anilines is 1. The summed E-state index contributed by atoms with van der Waals surface area (Å²) in [4.78, 5) is 7.97. The number of hydrogen-bond donors (Lipinski definition) is 1. The maximum atomic E-state index is 12.8. The predicted octanol–water partition coefficient (Wildman–Crippen LogP) is 3.44. The van der Waals surface area contributed by atoms with E-state index >= 15 is 0 Å². The monoisotopic (exact) mass is 409 g/mol. The van der Waals surface area contributed by atoms with E-state index in [9.17, 15) is 18.3 Å². The van der Waals surface area contributed by atoms with Crippen molar-refractivity contribution in [3.8, 4) is 0 Å². The predicted molar refractivity (Wildman–Crippen MR) is 99.3 cm³/mol. The number of β-amino-alcohol motifs (C(OH)–C–C–N with tert-alkyl or cyclic N) is 1. The second-order valence-electron chi connectivity index (χ2n) is 6.75. The van der Waals surface area contributed by atoms with Gasteiger partial charge in [0.15, 0.2) is 0 Å². The zero-order valence-electron chi connectivity index (χ0n) is 15.5. The van der Waals surface area contributed by atoms with Gasteiger partial charge in [0.2, 0.25) is 0 Å². The zero-order valence-corrected chi connectivity index (χ0v) is 16.3. The van der Waals surface area contributed by atoms with E-state index in [-0.39, 0.29) is 5.02 Å². The van der Waals surface area contributed by atoms with Crippen molar-refractivity contribution in [2.24, 2.45) is 0 Å². The number of rotatable bonds is 8. The van der Waals surface area contributed by atoms with Crippen LogP contribution in [-0.2, 0) is 10.9 Å². The topological polar surface area (TPSA) is 48.8 Å². The number of aliphatic hydroxyl groups excluding tert-OH is 1. The normalized spacial score (nSPS) is 17.8. The van der Waals surface area contributed by atoms with Crippen molar-refractivity contribution in [1.29, 1.82) is 0 Å². The van der Waals surface area contributed by atoms with Gasteiger partial charge in [0.1, 0.15) is 5.82 Å². The highest BCUT2D eigenvalue weighted by atomic mass is 35.5. The van der Waals surface area contributed by atoms with Crippen molar-refractivity contribution < 1.29 is 23.0 Å². The molecule has 5 nitrogen and oxygen atoms in total. The van der Waals surface area contributed by atoms with Gasteiger partial charge in [-0.25, -0.2) is 4.98 Å². The molecular formula is C18H27ClF3N3O2. The lowest BCUT2D eigenvalue weighted by atomic mass is 10.2. The molecule has 9 heteroatoms. The van der Waals surface area contributed by atoms with Gasteiger partial charge in [-0.3, -0.25) is 4.90 Å². The number of halogens is 4. The molecule has 2 rings (SSSR count). The Kier molecular flexibility index (Phi) is 8.60. The van der Waals surface area contributed by atoms with E-state index in [0.29, 0.717) is 45.2 Å². The summed E-state index contributed by atoms with van der Waals surface area (Å²) in [5.74, 6) is 0.370. The summed E-state index contributed by atoms with van der Waals surface area (Å²) in [6.07, 6.45) is -1.35. The molecule has 1 aliphatic rings. The van der Waals surface area contributed by atoms with Gasteiger partial charge in [-0.05, 0) is 25.5 Å². The smallest absolute Gasteiger partial charge is 0.389 e. The van der Waals surface area contributed by atoms with Gasteiger partial charge < -0.3 is 14.7 Å². The molecule has 2 heterocycles. The molecule has 27 heavy (non-hydrogen) atoms. The van der Waals surface area contributed by atoms with Crippen LogP contribution in [0.4, 0.5) is 19.0 Å². The maximum Gasteiger partial charge on any atom is 0.417 e. The Hall–Kier alpha value is -1.09. The molecule has 1 N–H and O–H groups in total. The molecule has 0 radical (unpaired) electrons. The molecule has 0 bridgehead atoms. The molecule has 1 fully saturated rings. The molecule has 0 amide bonds. The highest BCUT2D eigenvalue weighted by Gasteiger charge is 2.32. The largest absolute Gasteiger partial charge is 0.417 e. The fourth-order valence-corrected chi connectivity index (χ4v) is 3.29. The highest BCUT2D eigenvalue weighted by molar-refractivity contribution is 6.33. The first-order chi connectivity index (χ1) is 12.8. The van der Waals surface area contributed by atoms with Crippen LogP contribution in [-0.4, -0.2) is 67.0 Å². The fourth-order valence-electron chi connectivity index (χ4n) is 3.00. The van der Waals surface area contributed by atoms with Crippen LogP contribution in [0.25, 0.3) is 0 Å². The van der Waals surface area contributed by atoms with Gasteiger partial charge in [-0.15, -0.1) is 0 Å². The van der Waals surface area contributed by atoms with Crippen LogP contribution < -0.4 is 4.90 Å². The van der Waals surface area contributed by atoms with Gasteiger partial charge in [0.25, 0.3) is 0 Å². The zero-order chi connectivity index (χ0) is 19.9. The molecule has 1 saturated heterocycles. The molecule has 0 aliphatic carbocycles. The van der Waals surface area contributed by atoms with Gasteiger partial charge >= 0.3 is 6.18 Å². The average molecular weight is 410 g/mol. The lowest BCUT2D eigenvalue weighted by Crippen LogP contribution is -2.37. The first kappa shape index (κ1) is 22.2. The Labute approximate surface area is 163 Å². The Morgan fingerprint density at radius 1 is 1.30 bits per heavy atom. The SMILES string of the molecule is CCCCOCC(O)CN1CCCN(c2ncc(C(F)(F)F)cc2Cl)CC1. The minimum atomic E-state index is -4.46. The quantitative estimate of drug-likeness (QED) is 0.666. The molecule has 1 aromatic heterocycles. The van der Waals surface area contributed by atoms with E-state index < -0.39 is 17.8 Å². The molecule has 0 aromatic carbocycles. The van der Waals surface area contributed by atoms with E-state index in [1.807, 2.05) is 4.90 Å². The number of aromatic nitrogens is 1. The maximum absolute atomic E-state index is 12.8. The number of ether oxygens (including phenoxy) is 1. The van der Waals surface area contributed by atoms with Crippen LogP contribution in [0.3, 0.4) is 0 Å². The Morgan fingerprint density at radius 3 is 2.74 bits per heavy atom. The van der Waals surface area contributed by atoms with Crippen LogP contribution in [0.1, 0.15) is 31.7 Å². The van der Waals surface area contributed by atoms with Crippen molar-refractivity contribution in [3.05, 3.63) is 22.8 Å². The lowest BCUT2D eigenvalue weighted by Gasteiger charge is -2.25. The number of pyridine rings is 1. The lowest BCUT2D eigenvalue weighted by molar-refractivity contribution is -0.137. The third-order valence-electron chi connectivity index (χ3n) is 4.46. The van der Waals surface area contributed by atoms with Crippen LogP contribution in [0, 0.1) is 0 Å². The van der Waals surface area contributed by atoms with E-state index in [1.54, 1.807) is 0 Å². The van der Waals surface area contributed by atoms with Gasteiger partial charge in [-0.1, -0.05) is 24.9 Å². The first-order valence-electron chi connectivity index (χ1n) is 9.27. The van der Waals surface area contributed by atoms with E-state index in [4.69, 9.17) is 16.3 Å². The fraction of sp³-hybridized carbons (Fsp3) is 0.722. The highest BCUT2D eigenvalue weighted by Crippen LogP contribution is 2.33. The molecular weight excluding hydrogens is 383 g/mol. The first-order valence-corrected chi connectivity index (χ1v) is 9.65. The van der Waals surface area contributed by atoms with Crippen LogP contribution in [0.15, 0.2) is 12.3 Å². The number of aliphatic hydroxyl groups is 1. The summed E-state index contributed by atoms with van der Waals surface area (Å²) in [5, 5.41) is 10.1. The molecule has 1 atom stereocenters. The van der Waals surface area contributed by atoms with Crippen LogP contribution in [0.5, 0.6) is 0 Å². The molecule has 1 aromatic rings. The molecule has 1 aliphatic heterocycles. The summed E-state index contributed by atoms with van der Waals surface area (Å²) >= 11 is 6.05. The van der Waals surface area contributed by atoms with Gasteiger partial charge in [-0.2, -0.15) is 13.2 Å². The van der Waals surface area contributed by atoms with Crippen molar-refractivity contribution in [2.75, 3.05) is 50.8 Å². The van der Waals surface area contributed by atoms with Crippen LogP contribution in [0.2, 0.25) is 5.02 Å². The number of nitrogens with zero attached hydrogens (tertiary/aromatic N) is 3. The van der Waals surface area contributed by atoms with Gasteiger partial charge in [0.05, 0.1) is 23.3 Å². The molecule has 0 saturated carbocycles. The van der Waals surface area contributed by atoms with Crippen molar-refractivity contribution >= 4 is 17.4 Å². The van der Waals surface area contributed by atoms with E-state index in [2.05, 4.69) is 16.8 Å². The number of unbranched alkanes of at least 4 members (excludes halogenated alkanes) is 1. The van der Waals surface area contributed by atoms with E-state index in [1.165, 1.54) is 0 Å². The number of alkyl halides is 3. The minimum absolute atomic E-state index is 0.00244. The van der Waals surface area contributed by atoms with Crippen molar-refractivity contribution in [3.63, 3.8) is 0 Å². The third-order valence-corrected chi connectivity index (χ3v) is 4.74. The second-order valence-corrected chi connectivity index (χ2v) is 7.16. The third kappa shape index (κ3) is 7.10. The van der Waals surface area contributed by atoms with Crippen LogP contribution >= 0.6 is 11.6 Å². The Bertz CT molecular complexity index is 589. The average Bonchev–Trinajstić information content (AvgIpc) is 2.83. The summed E-state index contributed by atoms with van der Waals surface area (Å²) < 4.78 is 43.7. The minimum Gasteiger partial charge on any atom is -0.389 e. The summed E-state index contributed by atoms with van der Waals surface area (Å²) in [6, 6.07) is 0.921. The summed E-state index contributed by atoms with van der Waals surface area (Å²) in [7, 11) is 0. The molecule has 154 valence electrons. The van der Waals surface area contributed by atoms with E-state index in [0.717, 1.165) is 38.1 Å². The summed E-state index contributed by atoms with van der Waals surface area (Å²) in [5.41, 5.74) is -0.848. The Balaban J connectivity index is 1.87. The standard InChI is InChI=1S/C18H27ClF3N3O2/c1-2-3-9-27-13-15(26)12-24-5-4-6-25(8-7-24)17-16(19)10-14(11-23-17)18(20,21)22/h10-11,15,26H,2-9,12-13H2,1H3. The second kappa shape index (κ2) is 10.5. The molecule has 1 unspecified atom stereocenters. The number of hydrogen-bond acceptors (Lipinski definition) is 5.